The molecule has 0 spiro atoms. The number of rotatable bonds is 6. The molecule has 27 heavy (non-hydrogen) atoms. The molecule has 0 heterocycles. The van der Waals surface area contributed by atoms with E-state index < -0.39 is 4.92 Å². The van der Waals surface area contributed by atoms with Crippen LogP contribution in [-0.2, 0) is 11.2 Å². The minimum Gasteiger partial charge on any atom is -0.494 e. The zero-order valence-corrected chi connectivity index (χ0v) is 15.5. The van der Waals surface area contributed by atoms with Gasteiger partial charge in [0.1, 0.15) is 11.8 Å². The zero-order chi connectivity index (χ0) is 19.4. The zero-order valence-electron chi connectivity index (χ0n) is 15.5. The number of carbonyl (C=O) groups excluding carboxylic acids is 1. The maximum atomic E-state index is 12.5. The SMILES string of the molecule is COc1cc([N+](=O)[O-])ccc1NC(=O)C[NH+](C)[C@@H]1CCCc2ccccc21. The number of likely N-dealkylation sites (N-methyl/N-ethyl adjacent to an activating group) is 1. The van der Waals surface area contributed by atoms with Crippen molar-refractivity contribution in [2.45, 2.75) is 25.3 Å². The topological polar surface area (TPSA) is 85.9 Å². The first kappa shape index (κ1) is 18.8. The number of nitrogens with one attached hydrogen (secondary N) is 2. The molecule has 0 saturated carbocycles. The number of carbonyl (C=O) groups is 1. The van der Waals surface area contributed by atoms with E-state index in [-0.39, 0.29) is 17.3 Å². The fourth-order valence-electron chi connectivity index (χ4n) is 3.73. The van der Waals surface area contributed by atoms with Gasteiger partial charge in [-0.05, 0) is 24.5 Å². The molecule has 0 saturated heterocycles. The molecular formula is C20H24N3O4+. The number of quaternary nitrogens is 1. The molecule has 0 radical (unpaired) electrons. The number of aryl methyl sites for hydroxylation is 1. The average molecular weight is 370 g/mol. The third-order valence-corrected chi connectivity index (χ3v) is 5.07. The predicted octanol–water partition coefficient (Wildman–Crippen LogP) is 2.13. The standard InChI is InChI=1S/C20H23N3O4/c1-22(18-9-5-7-14-6-3-4-8-16(14)18)13-20(24)21-17-11-10-15(23(25)26)12-19(17)27-2/h3-4,6,8,10-12,18H,5,7,9,13H2,1-2H3,(H,21,24)/p+1/t18-/m1/s1. The van der Waals surface area contributed by atoms with Crippen molar-refractivity contribution in [3.63, 3.8) is 0 Å². The molecule has 0 fully saturated rings. The van der Waals surface area contributed by atoms with Gasteiger partial charge in [-0.2, -0.15) is 0 Å². The monoisotopic (exact) mass is 370 g/mol. The third-order valence-electron chi connectivity index (χ3n) is 5.07. The Morgan fingerprint density at radius 1 is 1.33 bits per heavy atom. The van der Waals surface area contributed by atoms with E-state index in [0.29, 0.717) is 18.3 Å². The first-order valence-corrected chi connectivity index (χ1v) is 9.02. The van der Waals surface area contributed by atoms with Gasteiger partial charge < -0.3 is 15.0 Å². The maximum Gasteiger partial charge on any atom is 0.279 e. The molecule has 7 heteroatoms. The number of amides is 1. The highest BCUT2D eigenvalue weighted by atomic mass is 16.6. The molecule has 0 aromatic heterocycles. The van der Waals surface area contributed by atoms with Crippen LogP contribution in [0.4, 0.5) is 11.4 Å². The summed E-state index contributed by atoms with van der Waals surface area (Å²) in [5, 5.41) is 13.7. The summed E-state index contributed by atoms with van der Waals surface area (Å²) in [5.41, 5.74) is 3.05. The summed E-state index contributed by atoms with van der Waals surface area (Å²) in [4.78, 5) is 24.1. The Balaban J connectivity index is 1.69. The van der Waals surface area contributed by atoms with Crippen molar-refractivity contribution >= 4 is 17.3 Å². The van der Waals surface area contributed by atoms with Crippen LogP contribution in [0.15, 0.2) is 42.5 Å². The van der Waals surface area contributed by atoms with Gasteiger partial charge in [0.15, 0.2) is 6.54 Å². The Bertz CT molecular complexity index is 853. The second kappa shape index (κ2) is 8.18. The number of hydrogen-bond acceptors (Lipinski definition) is 4. The highest BCUT2D eigenvalue weighted by molar-refractivity contribution is 5.93. The van der Waals surface area contributed by atoms with E-state index in [1.807, 2.05) is 13.1 Å². The number of benzene rings is 2. The van der Waals surface area contributed by atoms with Crippen LogP contribution in [-0.4, -0.2) is 31.5 Å². The second-order valence-corrected chi connectivity index (χ2v) is 6.86. The number of methoxy groups -OCH3 is 1. The van der Waals surface area contributed by atoms with Crippen LogP contribution in [0.5, 0.6) is 5.75 Å². The highest BCUT2D eigenvalue weighted by Crippen LogP contribution is 2.29. The molecular weight excluding hydrogens is 346 g/mol. The maximum absolute atomic E-state index is 12.5. The van der Waals surface area contributed by atoms with Crippen molar-refractivity contribution in [1.29, 1.82) is 0 Å². The van der Waals surface area contributed by atoms with Crippen molar-refractivity contribution in [3.05, 3.63) is 63.7 Å². The van der Waals surface area contributed by atoms with Crippen LogP contribution in [0.25, 0.3) is 0 Å². The van der Waals surface area contributed by atoms with Crippen molar-refractivity contribution in [1.82, 2.24) is 0 Å². The van der Waals surface area contributed by atoms with Gasteiger partial charge in [0.05, 0.1) is 30.8 Å². The molecule has 2 aromatic carbocycles. The summed E-state index contributed by atoms with van der Waals surface area (Å²) in [7, 11) is 3.45. The molecule has 7 nitrogen and oxygen atoms in total. The quantitative estimate of drug-likeness (QED) is 0.603. The third kappa shape index (κ3) is 4.25. The van der Waals surface area contributed by atoms with Crippen LogP contribution in [0.3, 0.4) is 0 Å². The van der Waals surface area contributed by atoms with E-state index >= 15 is 0 Å². The molecule has 0 bridgehead atoms. The molecule has 0 aliphatic heterocycles. The van der Waals surface area contributed by atoms with Crippen molar-refractivity contribution in [2.24, 2.45) is 0 Å². The summed E-state index contributed by atoms with van der Waals surface area (Å²) < 4.78 is 5.18. The normalized spacial score (nSPS) is 16.9. The number of non-ortho nitro benzene ring substituents is 1. The van der Waals surface area contributed by atoms with Gasteiger partial charge in [0, 0.05) is 18.1 Å². The Morgan fingerprint density at radius 2 is 2.11 bits per heavy atom. The van der Waals surface area contributed by atoms with Crippen LogP contribution in [0, 0.1) is 10.1 Å². The van der Waals surface area contributed by atoms with Gasteiger partial charge in [0.2, 0.25) is 0 Å². The van der Waals surface area contributed by atoms with Gasteiger partial charge in [-0.25, -0.2) is 0 Å². The Hall–Kier alpha value is -2.93. The van der Waals surface area contributed by atoms with E-state index in [1.54, 1.807) is 0 Å². The van der Waals surface area contributed by atoms with Crippen LogP contribution < -0.4 is 15.0 Å². The number of anilines is 1. The molecule has 2 aromatic rings. The minimum absolute atomic E-state index is 0.0774. The lowest BCUT2D eigenvalue weighted by atomic mass is 9.87. The molecule has 1 aliphatic carbocycles. The Kier molecular flexibility index (Phi) is 5.71. The first-order chi connectivity index (χ1) is 13.0. The Morgan fingerprint density at radius 3 is 2.85 bits per heavy atom. The van der Waals surface area contributed by atoms with E-state index in [1.165, 1.54) is 36.4 Å². The van der Waals surface area contributed by atoms with Crippen molar-refractivity contribution in [2.75, 3.05) is 26.0 Å². The number of nitro benzene ring substituents is 1. The molecule has 2 N–H and O–H groups in total. The van der Waals surface area contributed by atoms with Crippen molar-refractivity contribution in [3.8, 4) is 5.75 Å². The largest absolute Gasteiger partial charge is 0.494 e. The summed E-state index contributed by atoms with van der Waals surface area (Å²) in [6.07, 6.45) is 3.26. The van der Waals surface area contributed by atoms with Gasteiger partial charge in [-0.15, -0.1) is 0 Å². The molecule has 2 atom stereocenters. The lowest BCUT2D eigenvalue weighted by Gasteiger charge is -2.30. The van der Waals surface area contributed by atoms with Gasteiger partial charge in [0.25, 0.3) is 11.6 Å². The molecule has 3 rings (SSSR count). The lowest BCUT2D eigenvalue weighted by molar-refractivity contribution is -0.905. The highest BCUT2D eigenvalue weighted by Gasteiger charge is 2.28. The second-order valence-electron chi connectivity index (χ2n) is 6.86. The van der Waals surface area contributed by atoms with Gasteiger partial charge in [-0.3, -0.25) is 14.9 Å². The Labute approximate surface area is 158 Å². The van der Waals surface area contributed by atoms with Crippen LogP contribution in [0.2, 0.25) is 0 Å². The number of ether oxygens (including phenoxy) is 1. The molecule has 142 valence electrons. The molecule has 1 unspecified atom stereocenters. The summed E-state index contributed by atoms with van der Waals surface area (Å²) in [6, 6.07) is 12.9. The molecule has 1 amide bonds. The van der Waals surface area contributed by atoms with E-state index in [0.717, 1.165) is 24.2 Å². The minimum atomic E-state index is -0.493. The predicted molar refractivity (Wildman–Crippen MR) is 102 cm³/mol. The summed E-state index contributed by atoms with van der Waals surface area (Å²) in [5.74, 6) is 0.126. The molecule has 1 aliphatic rings. The summed E-state index contributed by atoms with van der Waals surface area (Å²) in [6.45, 7) is 0.305. The first-order valence-electron chi connectivity index (χ1n) is 9.02. The fourth-order valence-corrected chi connectivity index (χ4v) is 3.73. The van der Waals surface area contributed by atoms with Gasteiger partial charge >= 0.3 is 0 Å². The number of hydrogen-bond donors (Lipinski definition) is 2. The summed E-state index contributed by atoms with van der Waals surface area (Å²) >= 11 is 0. The van der Waals surface area contributed by atoms with Crippen LogP contribution in [0.1, 0.15) is 30.0 Å². The smallest absolute Gasteiger partial charge is 0.279 e. The van der Waals surface area contributed by atoms with E-state index in [2.05, 4.69) is 23.5 Å². The number of nitrogens with zero attached hydrogens (tertiary/aromatic N) is 1. The van der Waals surface area contributed by atoms with E-state index in [9.17, 15) is 14.9 Å². The number of fused-ring (bicyclic) bond motifs is 1. The van der Waals surface area contributed by atoms with E-state index in [4.69, 9.17) is 4.74 Å². The van der Waals surface area contributed by atoms with Crippen LogP contribution >= 0.6 is 0 Å². The average Bonchev–Trinajstić information content (AvgIpc) is 2.67. The van der Waals surface area contributed by atoms with Crippen molar-refractivity contribution < 1.29 is 19.4 Å². The number of nitro groups is 1. The van der Waals surface area contributed by atoms with Gasteiger partial charge in [-0.1, -0.05) is 24.3 Å². The fraction of sp³-hybridized carbons (Fsp3) is 0.350. The lowest BCUT2D eigenvalue weighted by Crippen LogP contribution is -3.10.